The lowest BCUT2D eigenvalue weighted by Gasteiger charge is -2.04. The number of likely N-dealkylation sites (N-methyl/N-ethyl adjacent to an activating group) is 1. The van der Waals surface area contributed by atoms with E-state index in [-0.39, 0.29) is 0 Å². The maximum atomic E-state index is 5.78. The summed E-state index contributed by atoms with van der Waals surface area (Å²) < 4.78 is 6.93. The van der Waals surface area contributed by atoms with Gasteiger partial charge in [-0.05, 0) is 14.0 Å². The van der Waals surface area contributed by atoms with E-state index < -0.39 is 0 Å². The molecule has 1 unspecified atom stereocenters. The lowest BCUT2D eigenvalue weighted by Crippen LogP contribution is -2.24. The Labute approximate surface area is 110 Å². The Bertz CT molecular complexity index is 495. The van der Waals surface area contributed by atoms with Crippen LogP contribution < -0.4 is 5.32 Å². The Balaban J connectivity index is 1.86. The van der Waals surface area contributed by atoms with Gasteiger partial charge in [0.05, 0.1) is 11.2 Å². The predicted octanol–water partition coefficient (Wildman–Crippen LogP) is 1.31. The van der Waals surface area contributed by atoms with Crippen molar-refractivity contribution < 1.29 is 4.52 Å². The molecule has 0 aromatic carbocycles. The monoisotopic (exact) mass is 269 g/mol. The first kappa shape index (κ1) is 13.0. The SMILES string of the molecule is CNC(C)Cc1noc(CCn2cc(Cl)cn2)n1. The Morgan fingerprint density at radius 1 is 1.56 bits per heavy atom. The molecule has 1 N–H and O–H groups in total. The van der Waals surface area contributed by atoms with Crippen molar-refractivity contribution in [3.63, 3.8) is 0 Å². The normalized spacial score (nSPS) is 12.8. The summed E-state index contributed by atoms with van der Waals surface area (Å²) in [4.78, 5) is 4.33. The van der Waals surface area contributed by atoms with Crippen LogP contribution in [0.3, 0.4) is 0 Å². The first-order chi connectivity index (χ1) is 8.67. The zero-order valence-corrected chi connectivity index (χ0v) is 11.2. The number of aromatic nitrogens is 4. The number of hydrogen-bond acceptors (Lipinski definition) is 5. The molecule has 0 saturated carbocycles. The quantitative estimate of drug-likeness (QED) is 0.856. The fourth-order valence-corrected chi connectivity index (χ4v) is 1.68. The molecule has 1 atom stereocenters. The van der Waals surface area contributed by atoms with Gasteiger partial charge in [-0.3, -0.25) is 4.68 Å². The molecule has 0 radical (unpaired) electrons. The van der Waals surface area contributed by atoms with Crippen molar-refractivity contribution in [2.45, 2.75) is 32.4 Å². The smallest absolute Gasteiger partial charge is 0.228 e. The Morgan fingerprint density at radius 2 is 2.39 bits per heavy atom. The van der Waals surface area contributed by atoms with Gasteiger partial charge in [0.25, 0.3) is 0 Å². The number of aryl methyl sites for hydroxylation is 2. The van der Waals surface area contributed by atoms with Gasteiger partial charge in [0.1, 0.15) is 0 Å². The molecule has 2 heterocycles. The lowest BCUT2D eigenvalue weighted by molar-refractivity contribution is 0.362. The minimum Gasteiger partial charge on any atom is -0.339 e. The Kier molecular flexibility index (Phi) is 4.33. The highest BCUT2D eigenvalue weighted by molar-refractivity contribution is 6.30. The number of hydrogen-bond donors (Lipinski definition) is 1. The third kappa shape index (κ3) is 3.54. The van der Waals surface area contributed by atoms with Gasteiger partial charge in [0.15, 0.2) is 5.82 Å². The molecule has 2 aromatic rings. The van der Waals surface area contributed by atoms with Gasteiger partial charge in [-0.2, -0.15) is 10.1 Å². The largest absolute Gasteiger partial charge is 0.339 e. The van der Waals surface area contributed by atoms with Gasteiger partial charge < -0.3 is 9.84 Å². The molecule has 0 aliphatic heterocycles. The topological polar surface area (TPSA) is 68.8 Å². The third-order valence-electron chi connectivity index (χ3n) is 2.65. The summed E-state index contributed by atoms with van der Waals surface area (Å²) in [7, 11) is 1.91. The number of halogens is 1. The minimum atomic E-state index is 0.334. The van der Waals surface area contributed by atoms with Crippen LogP contribution in [0.25, 0.3) is 0 Å². The van der Waals surface area contributed by atoms with Crippen LogP contribution in [0, 0.1) is 0 Å². The second-order valence-corrected chi connectivity index (χ2v) is 4.61. The van der Waals surface area contributed by atoms with Gasteiger partial charge in [-0.1, -0.05) is 16.8 Å². The standard InChI is InChI=1S/C11H16ClN5O/c1-8(13-2)5-10-15-11(18-16-10)3-4-17-7-9(12)6-14-17/h6-8,13H,3-5H2,1-2H3. The van der Waals surface area contributed by atoms with E-state index in [1.807, 2.05) is 7.05 Å². The molecule has 0 amide bonds. The molecule has 0 saturated heterocycles. The van der Waals surface area contributed by atoms with E-state index in [1.54, 1.807) is 17.1 Å². The van der Waals surface area contributed by atoms with Crippen molar-refractivity contribution in [1.82, 2.24) is 25.2 Å². The summed E-state index contributed by atoms with van der Waals surface area (Å²) in [5.74, 6) is 1.35. The third-order valence-corrected chi connectivity index (χ3v) is 2.84. The van der Waals surface area contributed by atoms with Gasteiger partial charge in [0, 0.05) is 31.6 Å². The molecule has 0 fully saturated rings. The van der Waals surface area contributed by atoms with E-state index in [0.29, 0.717) is 29.9 Å². The summed E-state index contributed by atoms with van der Waals surface area (Å²) in [5, 5.41) is 11.8. The zero-order valence-electron chi connectivity index (χ0n) is 10.4. The number of nitrogens with one attached hydrogen (secondary N) is 1. The molecule has 0 bridgehead atoms. The van der Waals surface area contributed by atoms with Gasteiger partial charge in [-0.25, -0.2) is 0 Å². The van der Waals surface area contributed by atoms with E-state index in [9.17, 15) is 0 Å². The summed E-state index contributed by atoms with van der Waals surface area (Å²) >= 11 is 5.78. The van der Waals surface area contributed by atoms with Crippen molar-refractivity contribution >= 4 is 11.6 Å². The highest BCUT2D eigenvalue weighted by Crippen LogP contribution is 2.06. The van der Waals surface area contributed by atoms with Crippen LogP contribution in [0.5, 0.6) is 0 Å². The molecular weight excluding hydrogens is 254 g/mol. The van der Waals surface area contributed by atoms with E-state index >= 15 is 0 Å². The fourth-order valence-electron chi connectivity index (χ4n) is 1.52. The molecule has 0 aliphatic rings. The molecule has 0 spiro atoms. The van der Waals surface area contributed by atoms with E-state index in [0.717, 1.165) is 12.2 Å². The first-order valence-electron chi connectivity index (χ1n) is 5.84. The summed E-state index contributed by atoms with van der Waals surface area (Å²) in [6.07, 6.45) is 4.78. The first-order valence-corrected chi connectivity index (χ1v) is 6.22. The minimum absolute atomic E-state index is 0.334. The molecule has 7 heteroatoms. The van der Waals surface area contributed by atoms with Gasteiger partial charge in [-0.15, -0.1) is 0 Å². The molecule has 2 aromatic heterocycles. The fraction of sp³-hybridized carbons (Fsp3) is 0.545. The maximum absolute atomic E-state index is 5.78. The van der Waals surface area contributed by atoms with Crippen molar-refractivity contribution in [1.29, 1.82) is 0 Å². The van der Waals surface area contributed by atoms with Crippen LogP contribution in [-0.4, -0.2) is 33.0 Å². The summed E-state index contributed by atoms with van der Waals surface area (Å²) in [6, 6.07) is 0.334. The van der Waals surface area contributed by atoms with Crippen LogP contribution in [0.15, 0.2) is 16.9 Å². The van der Waals surface area contributed by atoms with E-state index in [1.165, 1.54) is 0 Å². The molecule has 6 nitrogen and oxygen atoms in total. The van der Waals surface area contributed by atoms with Crippen molar-refractivity contribution in [2.24, 2.45) is 0 Å². The maximum Gasteiger partial charge on any atom is 0.228 e. The lowest BCUT2D eigenvalue weighted by atomic mass is 10.2. The summed E-state index contributed by atoms with van der Waals surface area (Å²) in [5.41, 5.74) is 0. The highest BCUT2D eigenvalue weighted by Gasteiger charge is 2.09. The van der Waals surface area contributed by atoms with Crippen LogP contribution in [0.1, 0.15) is 18.6 Å². The highest BCUT2D eigenvalue weighted by atomic mass is 35.5. The van der Waals surface area contributed by atoms with Crippen LogP contribution in [0.2, 0.25) is 5.02 Å². The predicted molar refractivity (Wildman–Crippen MR) is 67.5 cm³/mol. The zero-order chi connectivity index (χ0) is 13.0. The second-order valence-electron chi connectivity index (χ2n) is 4.17. The van der Waals surface area contributed by atoms with E-state index in [4.69, 9.17) is 16.1 Å². The average molecular weight is 270 g/mol. The molecule has 0 aliphatic carbocycles. The van der Waals surface area contributed by atoms with Crippen molar-refractivity contribution in [3.05, 3.63) is 29.1 Å². The second kappa shape index (κ2) is 5.97. The molecule has 98 valence electrons. The number of rotatable bonds is 6. The van der Waals surface area contributed by atoms with E-state index in [2.05, 4.69) is 27.5 Å². The molecule has 18 heavy (non-hydrogen) atoms. The van der Waals surface area contributed by atoms with Crippen molar-refractivity contribution in [2.75, 3.05) is 7.05 Å². The van der Waals surface area contributed by atoms with Crippen LogP contribution in [-0.2, 0) is 19.4 Å². The van der Waals surface area contributed by atoms with Crippen molar-refractivity contribution in [3.8, 4) is 0 Å². The molecular formula is C11H16ClN5O. The van der Waals surface area contributed by atoms with Crippen LogP contribution >= 0.6 is 11.6 Å². The summed E-state index contributed by atoms with van der Waals surface area (Å²) in [6.45, 7) is 2.75. The average Bonchev–Trinajstić information content (AvgIpc) is 2.96. The van der Waals surface area contributed by atoms with Gasteiger partial charge >= 0.3 is 0 Å². The Hall–Kier alpha value is -1.40. The Morgan fingerprint density at radius 3 is 3.06 bits per heavy atom. The van der Waals surface area contributed by atoms with Gasteiger partial charge in [0.2, 0.25) is 5.89 Å². The van der Waals surface area contributed by atoms with Crippen LogP contribution in [0.4, 0.5) is 0 Å². The molecule has 2 rings (SSSR count). The number of nitrogens with zero attached hydrogens (tertiary/aromatic N) is 4.